The summed E-state index contributed by atoms with van der Waals surface area (Å²) in [5, 5.41) is 5.79. The average Bonchev–Trinajstić information content (AvgIpc) is 2.86. The van der Waals surface area contributed by atoms with E-state index in [0.29, 0.717) is 11.8 Å². The molecule has 104 valence electrons. The van der Waals surface area contributed by atoms with E-state index in [0.717, 1.165) is 18.8 Å². The van der Waals surface area contributed by atoms with Crippen LogP contribution in [0, 0.1) is 18.8 Å². The third kappa shape index (κ3) is 3.96. The molecule has 4 heteroatoms. The highest BCUT2D eigenvalue weighted by atomic mass is 16.2. The van der Waals surface area contributed by atoms with Gasteiger partial charge in [-0.3, -0.25) is 0 Å². The van der Waals surface area contributed by atoms with E-state index < -0.39 is 0 Å². The quantitative estimate of drug-likeness (QED) is 0.779. The molecule has 4 nitrogen and oxygen atoms in total. The lowest BCUT2D eigenvalue weighted by Gasteiger charge is -2.18. The fraction of sp³-hybridized carbons (Fsp3) is 0.533. The molecule has 0 aliphatic heterocycles. The topological polar surface area (TPSA) is 67.2 Å². The number of nitrogens with two attached hydrogens (primary N) is 1. The van der Waals surface area contributed by atoms with Crippen molar-refractivity contribution in [3.05, 3.63) is 29.8 Å². The number of carbonyl (C=O) groups excluding carboxylic acids is 1. The molecule has 1 fully saturated rings. The van der Waals surface area contributed by atoms with Gasteiger partial charge in [0.2, 0.25) is 0 Å². The number of carbonyl (C=O) groups is 1. The zero-order valence-corrected chi connectivity index (χ0v) is 11.5. The van der Waals surface area contributed by atoms with Gasteiger partial charge < -0.3 is 16.4 Å². The van der Waals surface area contributed by atoms with Crippen LogP contribution in [0.1, 0.15) is 24.8 Å². The first-order chi connectivity index (χ1) is 9.19. The Bertz CT molecular complexity index is 416. The average molecular weight is 261 g/mol. The van der Waals surface area contributed by atoms with Crippen LogP contribution in [0.4, 0.5) is 10.5 Å². The largest absolute Gasteiger partial charge is 0.338 e. The van der Waals surface area contributed by atoms with Gasteiger partial charge >= 0.3 is 6.03 Å². The van der Waals surface area contributed by atoms with E-state index in [9.17, 15) is 4.79 Å². The van der Waals surface area contributed by atoms with Crippen LogP contribution in [-0.2, 0) is 0 Å². The molecule has 19 heavy (non-hydrogen) atoms. The van der Waals surface area contributed by atoms with Gasteiger partial charge in [0, 0.05) is 12.2 Å². The highest BCUT2D eigenvalue weighted by Gasteiger charge is 2.26. The lowest BCUT2D eigenvalue weighted by atomic mass is 9.96. The summed E-state index contributed by atoms with van der Waals surface area (Å²) < 4.78 is 0. The first-order valence-corrected chi connectivity index (χ1v) is 7.00. The standard InChI is InChI=1S/C15H23N3O/c1-11-5-7-14(8-6-11)18-15(19)17-10-13-4-2-3-12(13)9-16/h5-8,12-13H,2-4,9-10,16H2,1H3,(H2,17,18,19). The van der Waals surface area contributed by atoms with E-state index in [1.807, 2.05) is 31.2 Å². The minimum Gasteiger partial charge on any atom is -0.338 e. The number of urea groups is 1. The Morgan fingerprint density at radius 1 is 1.26 bits per heavy atom. The molecule has 2 amide bonds. The molecule has 1 aromatic rings. The predicted octanol–water partition coefficient (Wildman–Crippen LogP) is 2.49. The third-order valence-electron chi connectivity index (χ3n) is 3.95. The molecular weight excluding hydrogens is 238 g/mol. The summed E-state index contributed by atoms with van der Waals surface area (Å²) in [6.07, 6.45) is 3.60. The number of amides is 2. The van der Waals surface area contributed by atoms with Crippen LogP contribution in [0.25, 0.3) is 0 Å². The fourth-order valence-electron chi connectivity index (χ4n) is 2.73. The first-order valence-electron chi connectivity index (χ1n) is 7.00. The van der Waals surface area contributed by atoms with Gasteiger partial charge in [-0.2, -0.15) is 0 Å². The SMILES string of the molecule is Cc1ccc(NC(=O)NCC2CCCC2CN)cc1. The van der Waals surface area contributed by atoms with Crippen LogP contribution in [-0.4, -0.2) is 19.1 Å². The molecule has 1 aliphatic carbocycles. The van der Waals surface area contributed by atoms with Crippen molar-refractivity contribution in [2.75, 3.05) is 18.4 Å². The van der Waals surface area contributed by atoms with Gasteiger partial charge in [-0.15, -0.1) is 0 Å². The lowest BCUT2D eigenvalue weighted by molar-refractivity contribution is 0.248. The van der Waals surface area contributed by atoms with Crippen LogP contribution < -0.4 is 16.4 Å². The summed E-state index contributed by atoms with van der Waals surface area (Å²) in [7, 11) is 0. The Hall–Kier alpha value is -1.55. The van der Waals surface area contributed by atoms with Crippen LogP contribution in [0.15, 0.2) is 24.3 Å². The summed E-state index contributed by atoms with van der Waals surface area (Å²) in [6, 6.07) is 7.65. The van der Waals surface area contributed by atoms with Gasteiger partial charge in [-0.1, -0.05) is 24.1 Å². The number of benzene rings is 1. The molecule has 0 spiro atoms. The normalized spacial score (nSPS) is 22.2. The molecular formula is C15H23N3O. The fourth-order valence-corrected chi connectivity index (χ4v) is 2.73. The zero-order valence-electron chi connectivity index (χ0n) is 11.5. The number of rotatable bonds is 4. The Morgan fingerprint density at radius 2 is 1.95 bits per heavy atom. The zero-order chi connectivity index (χ0) is 13.7. The highest BCUT2D eigenvalue weighted by molar-refractivity contribution is 5.89. The second kappa shape index (κ2) is 6.57. The van der Waals surface area contributed by atoms with Crippen molar-refractivity contribution in [3.63, 3.8) is 0 Å². The van der Waals surface area contributed by atoms with Gasteiger partial charge in [0.15, 0.2) is 0 Å². The Morgan fingerprint density at radius 3 is 2.63 bits per heavy atom. The Kier molecular flexibility index (Phi) is 4.80. The maximum absolute atomic E-state index is 11.8. The van der Waals surface area contributed by atoms with Crippen molar-refractivity contribution >= 4 is 11.7 Å². The molecule has 0 bridgehead atoms. The summed E-state index contributed by atoms with van der Waals surface area (Å²) >= 11 is 0. The van der Waals surface area contributed by atoms with E-state index in [2.05, 4.69) is 10.6 Å². The maximum atomic E-state index is 11.8. The number of hydrogen-bond acceptors (Lipinski definition) is 2. The number of aryl methyl sites for hydroxylation is 1. The highest BCUT2D eigenvalue weighted by Crippen LogP contribution is 2.30. The van der Waals surface area contributed by atoms with Crippen LogP contribution in [0.3, 0.4) is 0 Å². The molecule has 1 aliphatic rings. The van der Waals surface area contributed by atoms with E-state index in [1.54, 1.807) is 0 Å². The second-order valence-electron chi connectivity index (χ2n) is 5.39. The molecule has 2 rings (SSSR count). The van der Waals surface area contributed by atoms with Crippen LogP contribution in [0.2, 0.25) is 0 Å². The van der Waals surface area contributed by atoms with Gasteiger partial charge in [-0.05, 0) is 50.3 Å². The molecule has 0 saturated heterocycles. The summed E-state index contributed by atoms with van der Waals surface area (Å²) in [4.78, 5) is 11.8. The van der Waals surface area contributed by atoms with Gasteiger partial charge in [0.05, 0.1) is 0 Å². The molecule has 1 saturated carbocycles. The second-order valence-corrected chi connectivity index (χ2v) is 5.39. The minimum atomic E-state index is -0.133. The summed E-state index contributed by atoms with van der Waals surface area (Å²) in [6.45, 7) is 3.47. The lowest BCUT2D eigenvalue weighted by Crippen LogP contribution is -2.35. The Labute approximate surface area is 114 Å². The molecule has 4 N–H and O–H groups in total. The van der Waals surface area contributed by atoms with Crippen molar-refractivity contribution in [2.45, 2.75) is 26.2 Å². The Balaban J connectivity index is 1.77. The van der Waals surface area contributed by atoms with Crippen molar-refractivity contribution in [3.8, 4) is 0 Å². The predicted molar refractivity (Wildman–Crippen MR) is 78.1 cm³/mol. The molecule has 2 unspecified atom stereocenters. The van der Waals surface area contributed by atoms with Crippen LogP contribution >= 0.6 is 0 Å². The molecule has 0 aromatic heterocycles. The van der Waals surface area contributed by atoms with Crippen molar-refractivity contribution < 1.29 is 4.79 Å². The van der Waals surface area contributed by atoms with Crippen LogP contribution in [0.5, 0.6) is 0 Å². The van der Waals surface area contributed by atoms with Gasteiger partial charge in [-0.25, -0.2) is 4.79 Å². The van der Waals surface area contributed by atoms with Crippen molar-refractivity contribution in [1.82, 2.24) is 5.32 Å². The minimum absolute atomic E-state index is 0.133. The molecule has 1 aromatic carbocycles. The first kappa shape index (κ1) is 13.9. The van der Waals surface area contributed by atoms with Gasteiger partial charge in [0.1, 0.15) is 0 Å². The molecule has 0 heterocycles. The number of anilines is 1. The summed E-state index contributed by atoms with van der Waals surface area (Å²) in [5.74, 6) is 1.11. The number of hydrogen-bond donors (Lipinski definition) is 3. The molecule has 2 atom stereocenters. The molecule has 0 radical (unpaired) electrons. The third-order valence-corrected chi connectivity index (χ3v) is 3.95. The maximum Gasteiger partial charge on any atom is 0.319 e. The summed E-state index contributed by atoms with van der Waals surface area (Å²) in [5.41, 5.74) is 7.75. The smallest absolute Gasteiger partial charge is 0.319 e. The van der Waals surface area contributed by atoms with Crippen molar-refractivity contribution in [1.29, 1.82) is 0 Å². The van der Waals surface area contributed by atoms with Gasteiger partial charge in [0.25, 0.3) is 0 Å². The van der Waals surface area contributed by atoms with E-state index in [-0.39, 0.29) is 6.03 Å². The van der Waals surface area contributed by atoms with E-state index in [1.165, 1.54) is 24.8 Å². The monoisotopic (exact) mass is 261 g/mol. The van der Waals surface area contributed by atoms with E-state index in [4.69, 9.17) is 5.73 Å². The number of nitrogens with one attached hydrogen (secondary N) is 2. The van der Waals surface area contributed by atoms with Crippen molar-refractivity contribution in [2.24, 2.45) is 17.6 Å². The van der Waals surface area contributed by atoms with E-state index >= 15 is 0 Å².